The van der Waals surface area contributed by atoms with Crippen molar-refractivity contribution in [2.45, 2.75) is 32.6 Å². The minimum atomic E-state index is 0.725. The molecule has 22 heavy (non-hydrogen) atoms. The quantitative estimate of drug-likeness (QED) is 0.685. The van der Waals surface area contributed by atoms with Crippen LogP contribution in [0.2, 0.25) is 0 Å². The van der Waals surface area contributed by atoms with Gasteiger partial charge in [-0.25, -0.2) is 0 Å². The lowest BCUT2D eigenvalue weighted by Gasteiger charge is -2.22. The molecule has 1 aromatic carbocycles. The molecule has 1 aliphatic carbocycles. The molecule has 3 nitrogen and oxygen atoms in total. The predicted molar refractivity (Wildman–Crippen MR) is 93.4 cm³/mol. The number of rotatable bonds is 3. The summed E-state index contributed by atoms with van der Waals surface area (Å²) in [7, 11) is 2.13. The maximum atomic E-state index is 4.67. The monoisotopic (exact) mass is 309 g/mol. The third-order valence-electron chi connectivity index (χ3n) is 4.60. The molecule has 4 heteroatoms. The van der Waals surface area contributed by atoms with Gasteiger partial charge in [-0.05, 0) is 73.0 Å². The summed E-state index contributed by atoms with van der Waals surface area (Å²) < 4.78 is 5.81. The number of hydrogen-bond acceptors (Lipinski definition) is 4. The van der Waals surface area contributed by atoms with E-state index >= 15 is 0 Å². The van der Waals surface area contributed by atoms with Crippen LogP contribution in [0.15, 0.2) is 30.6 Å². The fourth-order valence-corrected chi connectivity index (χ4v) is 3.74. The molecule has 0 radical (unpaired) electrons. The zero-order valence-electron chi connectivity index (χ0n) is 13.1. The molecule has 112 valence electrons. The van der Waals surface area contributed by atoms with Gasteiger partial charge in [0, 0.05) is 30.5 Å². The van der Waals surface area contributed by atoms with E-state index in [9.17, 15) is 0 Å². The summed E-state index contributed by atoms with van der Waals surface area (Å²) in [5.41, 5.74) is 5.49. The summed E-state index contributed by atoms with van der Waals surface area (Å²) in [6.45, 7) is 4.39. The van der Waals surface area contributed by atoms with Gasteiger partial charge in [-0.1, -0.05) is 6.07 Å². The Morgan fingerprint density at radius 3 is 2.73 bits per heavy atom. The van der Waals surface area contributed by atoms with E-state index in [2.05, 4.69) is 53.4 Å². The van der Waals surface area contributed by atoms with Gasteiger partial charge in [-0.3, -0.25) is 4.98 Å². The highest BCUT2D eigenvalue weighted by Crippen LogP contribution is 2.46. The molecule has 0 N–H and O–H groups in total. The van der Waals surface area contributed by atoms with Crippen molar-refractivity contribution in [2.24, 2.45) is 0 Å². The summed E-state index contributed by atoms with van der Waals surface area (Å²) >= 11 is 1.52. The topological polar surface area (TPSA) is 29.0 Å². The molecular weight excluding hydrogens is 290 g/mol. The van der Waals surface area contributed by atoms with Gasteiger partial charge in [0.25, 0.3) is 0 Å². The van der Waals surface area contributed by atoms with Crippen molar-refractivity contribution in [1.29, 1.82) is 0 Å². The predicted octanol–water partition coefficient (Wildman–Crippen LogP) is 4.95. The van der Waals surface area contributed by atoms with Crippen molar-refractivity contribution in [1.82, 2.24) is 9.36 Å². The highest BCUT2D eigenvalue weighted by atomic mass is 32.1. The van der Waals surface area contributed by atoms with Crippen molar-refractivity contribution in [2.75, 3.05) is 11.9 Å². The molecule has 0 bridgehead atoms. The van der Waals surface area contributed by atoms with Crippen LogP contribution < -0.4 is 4.90 Å². The minimum absolute atomic E-state index is 0.725. The maximum absolute atomic E-state index is 4.67. The Bertz CT molecular complexity index is 849. The largest absolute Gasteiger partial charge is 0.328 e. The molecular formula is C18H19N3S. The molecule has 2 heterocycles. The molecule has 1 aliphatic rings. The molecule has 0 unspecified atom stereocenters. The first-order chi connectivity index (χ1) is 10.6. The summed E-state index contributed by atoms with van der Waals surface area (Å²) in [6.07, 6.45) is 6.36. The van der Waals surface area contributed by atoms with E-state index in [0.717, 1.165) is 16.4 Å². The van der Waals surface area contributed by atoms with Crippen molar-refractivity contribution in [3.05, 3.63) is 47.3 Å². The van der Waals surface area contributed by atoms with Gasteiger partial charge in [-0.2, -0.15) is 4.37 Å². The second-order valence-electron chi connectivity index (χ2n) is 6.21. The van der Waals surface area contributed by atoms with Crippen LogP contribution in [-0.4, -0.2) is 16.4 Å². The Morgan fingerprint density at radius 2 is 1.95 bits per heavy atom. The molecule has 1 saturated carbocycles. The smallest absolute Gasteiger partial charge is 0.154 e. The second kappa shape index (κ2) is 5.06. The first kappa shape index (κ1) is 13.7. The minimum Gasteiger partial charge on any atom is -0.328 e. The first-order valence-electron chi connectivity index (χ1n) is 7.69. The van der Waals surface area contributed by atoms with E-state index in [-0.39, 0.29) is 0 Å². The Hall–Kier alpha value is -1.94. The van der Waals surface area contributed by atoms with Gasteiger partial charge >= 0.3 is 0 Å². The van der Waals surface area contributed by atoms with E-state index in [4.69, 9.17) is 0 Å². The van der Waals surface area contributed by atoms with E-state index in [1.807, 2.05) is 12.4 Å². The van der Waals surface area contributed by atoms with Gasteiger partial charge in [0.05, 0.1) is 4.70 Å². The molecule has 0 spiro atoms. The van der Waals surface area contributed by atoms with E-state index in [1.165, 1.54) is 52.1 Å². The van der Waals surface area contributed by atoms with Crippen LogP contribution in [-0.2, 0) is 0 Å². The van der Waals surface area contributed by atoms with Gasteiger partial charge in [-0.15, -0.1) is 0 Å². The Labute approximate surface area is 134 Å². The number of nitrogens with zero attached hydrogens (tertiary/aromatic N) is 3. The lowest BCUT2D eigenvalue weighted by Crippen LogP contribution is -2.13. The summed E-state index contributed by atoms with van der Waals surface area (Å²) in [5.74, 6) is 1.76. The summed E-state index contributed by atoms with van der Waals surface area (Å²) in [5, 5.41) is 1.18. The number of aryl methyl sites for hydroxylation is 2. The number of benzene rings is 1. The molecule has 4 rings (SSSR count). The van der Waals surface area contributed by atoms with Gasteiger partial charge < -0.3 is 4.90 Å². The molecule has 2 aromatic heterocycles. The molecule has 0 saturated heterocycles. The normalized spacial score (nSPS) is 14.5. The van der Waals surface area contributed by atoms with Crippen LogP contribution in [0.3, 0.4) is 0 Å². The summed E-state index contributed by atoms with van der Waals surface area (Å²) in [6, 6.07) is 6.74. The Kier molecular flexibility index (Phi) is 3.15. The van der Waals surface area contributed by atoms with E-state index in [1.54, 1.807) is 0 Å². The number of pyridine rings is 1. The van der Waals surface area contributed by atoms with Crippen molar-refractivity contribution >= 4 is 33.1 Å². The van der Waals surface area contributed by atoms with Crippen LogP contribution in [0.25, 0.3) is 10.1 Å². The first-order valence-corrected chi connectivity index (χ1v) is 8.47. The van der Waals surface area contributed by atoms with E-state index in [0.29, 0.717) is 0 Å². The van der Waals surface area contributed by atoms with Gasteiger partial charge in [0.15, 0.2) is 5.82 Å². The lowest BCUT2D eigenvalue weighted by atomic mass is 10.00. The fourth-order valence-electron chi connectivity index (χ4n) is 2.97. The molecule has 0 atom stereocenters. The van der Waals surface area contributed by atoms with Gasteiger partial charge in [0.1, 0.15) is 0 Å². The molecule has 3 aromatic rings. The number of hydrogen-bond donors (Lipinski definition) is 0. The zero-order valence-corrected chi connectivity index (χ0v) is 13.9. The fraction of sp³-hybridized carbons (Fsp3) is 0.333. The van der Waals surface area contributed by atoms with Crippen LogP contribution in [0.1, 0.15) is 35.4 Å². The Balaban J connectivity index is 1.85. The van der Waals surface area contributed by atoms with Crippen LogP contribution in [0.4, 0.5) is 11.5 Å². The standard InChI is InChI=1S/C18H19N3S/c1-11-8-15(13-4-5-13)16(9-12(11)2)21(3)18-14-6-7-19-10-17(14)22-20-18/h6-10,13H,4-5H2,1-3H3. The number of fused-ring (bicyclic) bond motifs is 1. The van der Waals surface area contributed by atoms with Crippen LogP contribution in [0, 0.1) is 13.8 Å². The molecule has 0 aliphatic heterocycles. The second-order valence-corrected chi connectivity index (χ2v) is 7.01. The molecule has 0 amide bonds. The third kappa shape index (κ3) is 2.18. The number of anilines is 2. The average molecular weight is 309 g/mol. The Morgan fingerprint density at radius 1 is 1.18 bits per heavy atom. The van der Waals surface area contributed by atoms with Crippen molar-refractivity contribution in [3.8, 4) is 0 Å². The molecule has 1 fully saturated rings. The van der Waals surface area contributed by atoms with Gasteiger partial charge in [0.2, 0.25) is 0 Å². The van der Waals surface area contributed by atoms with Crippen LogP contribution >= 0.6 is 11.5 Å². The lowest BCUT2D eigenvalue weighted by molar-refractivity contribution is 1.06. The van der Waals surface area contributed by atoms with E-state index < -0.39 is 0 Å². The number of aromatic nitrogens is 2. The summed E-state index contributed by atoms with van der Waals surface area (Å²) in [4.78, 5) is 6.44. The third-order valence-corrected chi connectivity index (χ3v) is 5.38. The van der Waals surface area contributed by atoms with Crippen molar-refractivity contribution < 1.29 is 0 Å². The highest BCUT2D eigenvalue weighted by Gasteiger charge is 2.28. The van der Waals surface area contributed by atoms with Crippen LogP contribution in [0.5, 0.6) is 0 Å². The average Bonchev–Trinajstić information content (AvgIpc) is 3.28. The SMILES string of the molecule is Cc1cc(C2CC2)c(N(C)c2nsc3cnccc23)cc1C. The maximum Gasteiger partial charge on any atom is 0.154 e. The zero-order chi connectivity index (χ0) is 15.3. The highest BCUT2D eigenvalue weighted by molar-refractivity contribution is 7.13. The van der Waals surface area contributed by atoms with Crippen molar-refractivity contribution in [3.63, 3.8) is 0 Å².